The molecule has 0 fully saturated rings. The molecule has 5 heteroatoms. The molecule has 1 aromatic carbocycles. The van der Waals surface area contributed by atoms with Gasteiger partial charge in [-0.05, 0) is 60.8 Å². The third kappa shape index (κ3) is 2.05. The molecule has 19 heavy (non-hydrogen) atoms. The fourth-order valence-corrected chi connectivity index (χ4v) is 3.33. The Morgan fingerprint density at radius 1 is 1.21 bits per heavy atom. The van der Waals surface area contributed by atoms with Crippen molar-refractivity contribution in [2.75, 3.05) is 0 Å². The molecule has 2 aromatic heterocycles. The van der Waals surface area contributed by atoms with Crippen LogP contribution in [0.5, 0.6) is 0 Å². The molecule has 0 atom stereocenters. The summed E-state index contributed by atoms with van der Waals surface area (Å²) in [6.45, 7) is 4.02. The molecule has 0 unspecified atom stereocenters. The third-order valence-electron chi connectivity index (χ3n) is 2.97. The first-order chi connectivity index (χ1) is 9.06. The summed E-state index contributed by atoms with van der Waals surface area (Å²) in [5.74, 6) is 0. The van der Waals surface area contributed by atoms with Crippen LogP contribution >= 0.6 is 23.6 Å². The van der Waals surface area contributed by atoms with Crippen LogP contribution in [0.4, 0.5) is 0 Å². The van der Waals surface area contributed by atoms with E-state index in [0.717, 1.165) is 22.3 Å². The lowest BCUT2D eigenvalue weighted by Gasteiger charge is -2.08. The Kier molecular flexibility index (Phi) is 2.88. The van der Waals surface area contributed by atoms with E-state index in [2.05, 4.69) is 11.1 Å². The first-order valence-electron chi connectivity index (χ1n) is 5.87. The second kappa shape index (κ2) is 4.43. The number of hydrogen-bond donors (Lipinski definition) is 1. The molecule has 96 valence electrons. The minimum absolute atomic E-state index is 0.0567. The molecule has 0 aliphatic carbocycles. The molecule has 0 saturated carbocycles. The van der Waals surface area contributed by atoms with Crippen molar-refractivity contribution in [3.63, 3.8) is 0 Å². The van der Waals surface area contributed by atoms with Gasteiger partial charge in [0.15, 0.2) is 4.77 Å². The summed E-state index contributed by atoms with van der Waals surface area (Å²) in [7, 11) is 0. The number of benzene rings is 1. The van der Waals surface area contributed by atoms with E-state index in [9.17, 15) is 4.79 Å². The summed E-state index contributed by atoms with van der Waals surface area (Å²) < 4.78 is 2.70. The highest BCUT2D eigenvalue weighted by atomic mass is 32.1. The average Bonchev–Trinajstić information content (AvgIpc) is 2.75. The summed E-state index contributed by atoms with van der Waals surface area (Å²) >= 11 is 6.74. The van der Waals surface area contributed by atoms with Crippen molar-refractivity contribution in [2.45, 2.75) is 13.8 Å². The Bertz CT molecular complexity index is 866. The number of thiophene rings is 1. The van der Waals surface area contributed by atoms with Crippen LogP contribution < -0.4 is 5.56 Å². The number of aromatic amines is 1. The van der Waals surface area contributed by atoms with E-state index >= 15 is 0 Å². The summed E-state index contributed by atoms with van der Waals surface area (Å²) in [6, 6.07) is 7.89. The van der Waals surface area contributed by atoms with Gasteiger partial charge in [-0.25, -0.2) is 0 Å². The van der Waals surface area contributed by atoms with Crippen LogP contribution in [0.25, 0.3) is 15.9 Å². The highest BCUT2D eigenvalue weighted by molar-refractivity contribution is 7.71. The largest absolute Gasteiger partial charge is 0.331 e. The standard InChI is InChI=1S/C14H12N2OS2/c1-8-5-9(2)7-10(6-8)16-13(17)12-11(3-4-19-12)15-14(16)18/h3-7H,1-2H3,(H,15,18). The number of fused-ring (bicyclic) bond motifs is 1. The molecule has 0 saturated heterocycles. The van der Waals surface area contributed by atoms with Gasteiger partial charge in [0.1, 0.15) is 4.70 Å². The summed E-state index contributed by atoms with van der Waals surface area (Å²) in [6.07, 6.45) is 0. The lowest BCUT2D eigenvalue weighted by Crippen LogP contribution is -2.19. The van der Waals surface area contributed by atoms with Gasteiger partial charge in [-0.2, -0.15) is 0 Å². The highest BCUT2D eigenvalue weighted by Gasteiger charge is 2.09. The fraction of sp³-hybridized carbons (Fsp3) is 0.143. The van der Waals surface area contributed by atoms with E-state index in [1.54, 1.807) is 4.57 Å². The van der Waals surface area contributed by atoms with E-state index in [-0.39, 0.29) is 5.56 Å². The van der Waals surface area contributed by atoms with Crippen LogP contribution in [0.15, 0.2) is 34.4 Å². The van der Waals surface area contributed by atoms with Crippen LogP contribution in [0.2, 0.25) is 0 Å². The number of hydrogen-bond acceptors (Lipinski definition) is 3. The molecule has 0 bridgehead atoms. The molecule has 3 rings (SSSR count). The number of aryl methyl sites for hydroxylation is 2. The van der Waals surface area contributed by atoms with E-state index in [0.29, 0.717) is 9.47 Å². The van der Waals surface area contributed by atoms with E-state index in [1.807, 2.05) is 37.4 Å². The van der Waals surface area contributed by atoms with E-state index < -0.39 is 0 Å². The Morgan fingerprint density at radius 3 is 2.58 bits per heavy atom. The number of H-pyrrole nitrogens is 1. The normalized spacial score (nSPS) is 11.1. The van der Waals surface area contributed by atoms with Gasteiger partial charge < -0.3 is 4.98 Å². The zero-order chi connectivity index (χ0) is 13.6. The maximum atomic E-state index is 12.5. The average molecular weight is 288 g/mol. The van der Waals surface area contributed by atoms with Crippen molar-refractivity contribution < 1.29 is 0 Å². The highest BCUT2D eigenvalue weighted by Crippen LogP contribution is 2.17. The van der Waals surface area contributed by atoms with Gasteiger partial charge in [0.2, 0.25) is 0 Å². The Labute approximate surface area is 119 Å². The van der Waals surface area contributed by atoms with Crippen LogP contribution in [-0.2, 0) is 0 Å². The first kappa shape index (κ1) is 12.3. The lowest BCUT2D eigenvalue weighted by atomic mass is 10.1. The van der Waals surface area contributed by atoms with E-state index in [4.69, 9.17) is 12.2 Å². The quantitative estimate of drug-likeness (QED) is 0.693. The van der Waals surface area contributed by atoms with Gasteiger partial charge in [-0.3, -0.25) is 9.36 Å². The van der Waals surface area contributed by atoms with Crippen molar-refractivity contribution in [1.82, 2.24) is 9.55 Å². The minimum atomic E-state index is -0.0567. The second-order valence-electron chi connectivity index (χ2n) is 4.58. The Hall–Kier alpha value is -1.72. The van der Waals surface area contributed by atoms with Crippen LogP contribution in [0.3, 0.4) is 0 Å². The predicted molar refractivity (Wildman–Crippen MR) is 82.1 cm³/mol. The molecule has 0 amide bonds. The van der Waals surface area contributed by atoms with E-state index in [1.165, 1.54) is 11.3 Å². The maximum Gasteiger partial charge on any atom is 0.276 e. The van der Waals surface area contributed by atoms with Crippen molar-refractivity contribution in [1.29, 1.82) is 0 Å². The second-order valence-corrected chi connectivity index (χ2v) is 5.88. The molecular formula is C14H12N2OS2. The first-order valence-corrected chi connectivity index (χ1v) is 7.16. The van der Waals surface area contributed by atoms with Gasteiger partial charge in [0, 0.05) is 0 Å². The molecule has 0 radical (unpaired) electrons. The maximum absolute atomic E-state index is 12.5. The molecule has 0 aliphatic rings. The SMILES string of the molecule is Cc1cc(C)cc(-n2c(=S)[nH]c3ccsc3c2=O)c1. The van der Waals surface area contributed by atoms with Gasteiger partial charge in [-0.15, -0.1) is 11.3 Å². The molecule has 3 nitrogen and oxygen atoms in total. The summed E-state index contributed by atoms with van der Waals surface area (Å²) in [5.41, 5.74) is 3.79. The predicted octanol–water partition coefficient (Wildman–Crippen LogP) is 3.73. The molecule has 1 N–H and O–H groups in total. The van der Waals surface area contributed by atoms with Crippen LogP contribution in [-0.4, -0.2) is 9.55 Å². The van der Waals surface area contributed by atoms with Gasteiger partial charge in [-0.1, -0.05) is 6.07 Å². The summed E-state index contributed by atoms with van der Waals surface area (Å²) in [5, 5.41) is 1.89. The van der Waals surface area contributed by atoms with Crippen LogP contribution in [0.1, 0.15) is 11.1 Å². The Balaban J connectivity index is 2.42. The van der Waals surface area contributed by atoms with Gasteiger partial charge in [0.25, 0.3) is 5.56 Å². The molecule has 2 heterocycles. The number of nitrogens with zero attached hydrogens (tertiary/aromatic N) is 1. The van der Waals surface area contributed by atoms with Gasteiger partial charge in [0.05, 0.1) is 11.2 Å². The van der Waals surface area contributed by atoms with Crippen molar-refractivity contribution in [3.05, 3.63) is 55.9 Å². The lowest BCUT2D eigenvalue weighted by molar-refractivity contribution is 0.940. The topological polar surface area (TPSA) is 37.8 Å². The minimum Gasteiger partial charge on any atom is -0.331 e. The molecule has 3 aromatic rings. The van der Waals surface area contributed by atoms with Crippen molar-refractivity contribution in [3.8, 4) is 5.69 Å². The summed E-state index contributed by atoms with van der Waals surface area (Å²) in [4.78, 5) is 15.6. The van der Waals surface area contributed by atoms with Crippen LogP contribution in [0, 0.1) is 18.6 Å². The monoisotopic (exact) mass is 288 g/mol. The molecular weight excluding hydrogens is 276 g/mol. The third-order valence-corrected chi connectivity index (χ3v) is 4.16. The number of nitrogens with one attached hydrogen (secondary N) is 1. The zero-order valence-corrected chi connectivity index (χ0v) is 12.2. The smallest absolute Gasteiger partial charge is 0.276 e. The van der Waals surface area contributed by atoms with Gasteiger partial charge >= 0.3 is 0 Å². The molecule has 0 aliphatic heterocycles. The number of aromatic nitrogens is 2. The van der Waals surface area contributed by atoms with Crippen molar-refractivity contribution >= 4 is 33.8 Å². The van der Waals surface area contributed by atoms with Crippen molar-refractivity contribution in [2.24, 2.45) is 0 Å². The number of rotatable bonds is 1. The fourth-order valence-electron chi connectivity index (χ4n) is 2.25. The zero-order valence-electron chi connectivity index (χ0n) is 10.6. The molecule has 0 spiro atoms. The Morgan fingerprint density at radius 2 is 1.89 bits per heavy atom.